The van der Waals surface area contributed by atoms with E-state index in [1.165, 1.54) is 0 Å². The van der Waals surface area contributed by atoms with Crippen LogP contribution in [0, 0.1) is 5.92 Å². The van der Waals surface area contributed by atoms with Crippen molar-refractivity contribution in [3.63, 3.8) is 0 Å². The normalized spacial score (nSPS) is 17.7. The summed E-state index contributed by atoms with van der Waals surface area (Å²) < 4.78 is 5.48. The Morgan fingerprint density at radius 3 is 2.42 bits per heavy atom. The smallest absolute Gasteiger partial charge is 0.257 e. The molecule has 1 aliphatic heterocycles. The number of benzene rings is 1. The van der Waals surface area contributed by atoms with Crippen molar-refractivity contribution in [2.45, 2.75) is 19.9 Å². The maximum atomic E-state index is 12.1. The molecule has 2 rings (SSSR count). The Morgan fingerprint density at radius 2 is 1.83 bits per heavy atom. The Hall–Kier alpha value is -1.30. The van der Waals surface area contributed by atoms with Gasteiger partial charge in [0.25, 0.3) is 5.91 Å². The largest absolute Gasteiger partial charge is 0.484 e. The summed E-state index contributed by atoms with van der Waals surface area (Å²) in [5, 5.41) is 3.66. The molecular weight excluding hydrogens is 326 g/mol. The summed E-state index contributed by atoms with van der Waals surface area (Å²) >= 11 is 5.83. The number of nitrogens with zero attached hydrogens (tertiary/aromatic N) is 2. The molecule has 134 valence electrons. The molecule has 0 spiro atoms. The fraction of sp³-hybridized carbons (Fsp3) is 0.611. The minimum Gasteiger partial charge on any atom is -0.484 e. The lowest BCUT2D eigenvalue weighted by atomic mass is 10.0. The Morgan fingerprint density at radius 1 is 1.21 bits per heavy atom. The lowest BCUT2D eigenvalue weighted by Crippen LogP contribution is -2.54. The number of rotatable bonds is 7. The molecule has 1 unspecified atom stereocenters. The van der Waals surface area contributed by atoms with Gasteiger partial charge >= 0.3 is 0 Å². The average molecular weight is 354 g/mol. The average Bonchev–Trinajstić information content (AvgIpc) is 2.56. The molecule has 1 fully saturated rings. The van der Waals surface area contributed by atoms with E-state index in [0.717, 1.165) is 26.2 Å². The molecule has 1 aliphatic rings. The van der Waals surface area contributed by atoms with E-state index in [4.69, 9.17) is 16.3 Å². The highest BCUT2D eigenvalue weighted by atomic mass is 35.5. The van der Waals surface area contributed by atoms with Crippen LogP contribution in [0.5, 0.6) is 5.75 Å². The van der Waals surface area contributed by atoms with E-state index in [1.54, 1.807) is 24.3 Å². The van der Waals surface area contributed by atoms with Crippen LogP contribution >= 0.6 is 11.6 Å². The molecule has 0 aromatic heterocycles. The summed E-state index contributed by atoms with van der Waals surface area (Å²) in [5.41, 5.74) is 0. The number of halogens is 1. The molecule has 1 aromatic rings. The summed E-state index contributed by atoms with van der Waals surface area (Å²) in [6.07, 6.45) is 0. The number of nitrogens with one attached hydrogen (secondary N) is 1. The van der Waals surface area contributed by atoms with Crippen LogP contribution in [-0.4, -0.2) is 68.1 Å². The summed E-state index contributed by atoms with van der Waals surface area (Å²) in [4.78, 5) is 16.9. The third-order valence-electron chi connectivity index (χ3n) is 4.47. The number of piperazine rings is 1. The minimum atomic E-state index is -0.0928. The van der Waals surface area contributed by atoms with Crippen LogP contribution in [0.2, 0.25) is 5.02 Å². The minimum absolute atomic E-state index is 0.0230. The predicted molar refractivity (Wildman–Crippen MR) is 97.7 cm³/mol. The number of carbonyl (C=O) groups excluding carboxylic acids is 1. The zero-order chi connectivity index (χ0) is 17.5. The van der Waals surface area contributed by atoms with E-state index in [1.807, 2.05) is 0 Å². The van der Waals surface area contributed by atoms with Crippen molar-refractivity contribution < 1.29 is 9.53 Å². The standard InChI is InChI=1S/C18H28ClN3O2/c1-14(2)17(22-10-8-21(3)9-11-22)12-20-18(23)13-24-16-6-4-15(19)5-7-16/h4-7,14,17H,8-13H2,1-3H3,(H,20,23). The van der Waals surface area contributed by atoms with Gasteiger partial charge in [-0.25, -0.2) is 0 Å². The van der Waals surface area contributed by atoms with Crippen molar-refractivity contribution in [3.8, 4) is 5.75 Å². The van der Waals surface area contributed by atoms with Crippen LogP contribution in [0.1, 0.15) is 13.8 Å². The molecule has 24 heavy (non-hydrogen) atoms. The van der Waals surface area contributed by atoms with Crippen LogP contribution in [0.3, 0.4) is 0 Å². The molecule has 0 bridgehead atoms. The number of carbonyl (C=O) groups is 1. The van der Waals surface area contributed by atoms with Gasteiger partial charge in [-0.2, -0.15) is 0 Å². The summed E-state index contributed by atoms with van der Waals surface area (Å²) in [5.74, 6) is 1.05. The zero-order valence-corrected chi connectivity index (χ0v) is 15.6. The Kier molecular flexibility index (Phi) is 7.34. The van der Waals surface area contributed by atoms with Gasteiger partial charge in [0, 0.05) is 43.8 Å². The molecule has 5 nitrogen and oxygen atoms in total. The van der Waals surface area contributed by atoms with E-state index in [2.05, 4.69) is 36.0 Å². The molecule has 0 radical (unpaired) electrons. The maximum absolute atomic E-state index is 12.1. The quantitative estimate of drug-likeness (QED) is 0.815. The first kappa shape index (κ1) is 19.0. The van der Waals surface area contributed by atoms with Crippen molar-refractivity contribution in [1.29, 1.82) is 0 Å². The van der Waals surface area contributed by atoms with Crippen LogP contribution in [0.25, 0.3) is 0 Å². The van der Waals surface area contributed by atoms with Gasteiger partial charge in [0.05, 0.1) is 0 Å². The molecule has 6 heteroatoms. The van der Waals surface area contributed by atoms with Gasteiger partial charge < -0.3 is 15.0 Å². The highest BCUT2D eigenvalue weighted by Crippen LogP contribution is 2.15. The second-order valence-corrected chi connectivity index (χ2v) is 7.13. The van der Waals surface area contributed by atoms with E-state index >= 15 is 0 Å². The van der Waals surface area contributed by atoms with E-state index < -0.39 is 0 Å². The number of hydrogen-bond donors (Lipinski definition) is 1. The van der Waals surface area contributed by atoms with Gasteiger partial charge in [-0.15, -0.1) is 0 Å². The first-order chi connectivity index (χ1) is 11.5. The van der Waals surface area contributed by atoms with Crippen LogP contribution in [0.15, 0.2) is 24.3 Å². The molecular formula is C18H28ClN3O2. The molecule has 1 amide bonds. The first-order valence-corrected chi connectivity index (χ1v) is 8.91. The van der Waals surface area contributed by atoms with E-state index in [9.17, 15) is 4.79 Å². The Labute approximate surface area is 149 Å². The maximum Gasteiger partial charge on any atom is 0.257 e. The number of amides is 1. The molecule has 1 atom stereocenters. The molecule has 0 aliphatic carbocycles. The lowest BCUT2D eigenvalue weighted by molar-refractivity contribution is -0.123. The SMILES string of the molecule is CC(C)C(CNC(=O)COc1ccc(Cl)cc1)N1CCN(C)CC1. The van der Waals surface area contributed by atoms with Gasteiger partial charge in [-0.1, -0.05) is 25.4 Å². The second kappa shape index (κ2) is 9.25. The second-order valence-electron chi connectivity index (χ2n) is 6.70. The van der Waals surface area contributed by atoms with E-state index in [0.29, 0.717) is 29.3 Å². The molecule has 1 saturated heterocycles. The highest BCUT2D eigenvalue weighted by Gasteiger charge is 2.25. The highest BCUT2D eigenvalue weighted by molar-refractivity contribution is 6.30. The van der Waals surface area contributed by atoms with Crippen LogP contribution in [-0.2, 0) is 4.79 Å². The lowest BCUT2D eigenvalue weighted by Gasteiger charge is -2.39. The molecule has 0 saturated carbocycles. The molecule has 1 aromatic carbocycles. The van der Waals surface area contributed by atoms with Gasteiger partial charge in [0.15, 0.2) is 6.61 Å². The van der Waals surface area contributed by atoms with Crippen molar-refractivity contribution in [2.75, 3.05) is 46.4 Å². The van der Waals surface area contributed by atoms with Gasteiger partial charge in [0.1, 0.15) is 5.75 Å². The fourth-order valence-electron chi connectivity index (χ4n) is 2.89. The van der Waals surface area contributed by atoms with E-state index in [-0.39, 0.29) is 12.5 Å². The van der Waals surface area contributed by atoms with Crippen molar-refractivity contribution in [3.05, 3.63) is 29.3 Å². The number of ether oxygens (including phenoxy) is 1. The number of hydrogen-bond acceptors (Lipinski definition) is 4. The predicted octanol–water partition coefficient (Wildman–Crippen LogP) is 2.11. The van der Waals surface area contributed by atoms with Crippen molar-refractivity contribution >= 4 is 17.5 Å². The first-order valence-electron chi connectivity index (χ1n) is 8.53. The monoisotopic (exact) mass is 353 g/mol. The Bertz CT molecular complexity index is 514. The zero-order valence-electron chi connectivity index (χ0n) is 14.8. The summed E-state index contributed by atoms with van der Waals surface area (Å²) in [6, 6.07) is 7.37. The summed E-state index contributed by atoms with van der Waals surface area (Å²) in [6.45, 7) is 9.36. The fourth-order valence-corrected chi connectivity index (χ4v) is 3.02. The molecule has 1 N–H and O–H groups in total. The third kappa shape index (κ3) is 5.96. The number of likely N-dealkylation sites (N-methyl/N-ethyl adjacent to an activating group) is 1. The van der Waals surface area contributed by atoms with Gasteiger partial charge in [-0.05, 0) is 37.2 Å². The van der Waals surface area contributed by atoms with Crippen LogP contribution < -0.4 is 10.1 Å². The molecule has 1 heterocycles. The van der Waals surface area contributed by atoms with Crippen molar-refractivity contribution in [2.24, 2.45) is 5.92 Å². The van der Waals surface area contributed by atoms with Gasteiger partial charge in [0.2, 0.25) is 0 Å². The van der Waals surface area contributed by atoms with Crippen molar-refractivity contribution in [1.82, 2.24) is 15.1 Å². The van der Waals surface area contributed by atoms with Gasteiger partial charge in [-0.3, -0.25) is 9.69 Å². The topological polar surface area (TPSA) is 44.8 Å². The third-order valence-corrected chi connectivity index (χ3v) is 4.72. The summed E-state index contributed by atoms with van der Waals surface area (Å²) in [7, 11) is 2.15. The van der Waals surface area contributed by atoms with Crippen LogP contribution in [0.4, 0.5) is 0 Å². The Balaban J connectivity index is 1.76.